The molecular formula is C30H35N3O6. The van der Waals surface area contributed by atoms with Crippen LogP contribution in [0.5, 0.6) is 0 Å². The Morgan fingerprint density at radius 3 is 1.69 bits per heavy atom. The van der Waals surface area contributed by atoms with Crippen LogP contribution in [0.2, 0.25) is 0 Å². The predicted octanol–water partition coefficient (Wildman–Crippen LogP) is 3.46. The van der Waals surface area contributed by atoms with Crippen molar-refractivity contribution in [1.29, 1.82) is 0 Å². The summed E-state index contributed by atoms with van der Waals surface area (Å²) >= 11 is 0. The Labute approximate surface area is 225 Å². The van der Waals surface area contributed by atoms with Gasteiger partial charge in [0.2, 0.25) is 0 Å². The fraction of sp³-hybridized carbons (Fsp3) is 0.433. The molecular weight excluding hydrogens is 498 g/mol. The largest absolute Gasteiger partial charge is 0.465 e. The van der Waals surface area contributed by atoms with E-state index in [-0.39, 0.29) is 86.0 Å². The third-order valence-electron chi connectivity index (χ3n) is 7.28. The van der Waals surface area contributed by atoms with E-state index in [1.807, 2.05) is 20.8 Å². The van der Waals surface area contributed by atoms with E-state index >= 15 is 0 Å². The van der Waals surface area contributed by atoms with Crippen LogP contribution in [0.4, 0.5) is 11.4 Å². The summed E-state index contributed by atoms with van der Waals surface area (Å²) in [5.74, 6) is -0.639. The zero-order valence-electron chi connectivity index (χ0n) is 23.3. The number of anilines is 2. The van der Waals surface area contributed by atoms with Crippen LogP contribution in [0.3, 0.4) is 0 Å². The molecule has 4 N–H and O–H groups in total. The normalized spacial score (nSPS) is 13.4. The molecule has 1 heterocycles. The number of carbonyl (C=O) groups excluding carboxylic acids is 1. The second-order valence-corrected chi connectivity index (χ2v) is 12.5. The van der Waals surface area contributed by atoms with Crippen LogP contribution in [0.1, 0.15) is 54.4 Å². The number of nitrogen functional groups attached to an aromatic ring is 2. The molecule has 0 amide bonds. The monoisotopic (exact) mass is 533 g/mol. The molecule has 0 fully saturated rings. The third-order valence-corrected chi connectivity index (χ3v) is 7.28. The van der Waals surface area contributed by atoms with Crippen molar-refractivity contribution in [2.45, 2.75) is 60.9 Å². The Kier molecular flexibility index (Phi) is 6.91. The molecule has 0 aliphatic heterocycles. The molecule has 9 nitrogen and oxygen atoms in total. The minimum Gasteiger partial charge on any atom is -0.465 e. The SMILES string of the molecule is CC(C)(C)CC(C(=O)OCCCn1c(=O)c2c(N)c3c(=O)c4ccccc4c(=O)c3c(N)c2c1=O)C(C)(C)C. The van der Waals surface area contributed by atoms with E-state index in [2.05, 4.69) is 20.8 Å². The number of esters is 1. The first-order chi connectivity index (χ1) is 18.1. The number of aromatic nitrogens is 1. The maximum Gasteiger partial charge on any atom is 0.309 e. The molecule has 1 aromatic heterocycles. The maximum atomic E-state index is 13.3. The topological polar surface area (TPSA) is 152 Å². The van der Waals surface area contributed by atoms with Gasteiger partial charge in [-0.25, -0.2) is 0 Å². The number of nitrogens with two attached hydrogens (primary N) is 2. The van der Waals surface area contributed by atoms with Crippen molar-refractivity contribution in [1.82, 2.24) is 4.57 Å². The van der Waals surface area contributed by atoms with Gasteiger partial charge in [-0.2, -0.15) is 0 Å². The van der Waals surface area contributed by atoms with E-state index < -0.39 is 22.0 Å². The first kappa shape index (κ1) is 28.0. The van der Waals surface area contributed by atoms with Crippen LogP contribution < -0.4 is 33.4 Å². The van der Waals surface area contributed by atoms with Gasteiger partial charge in [-0.1, -0.05) is 65.8 Å². The molecule has 0 aliphatic rings. The minimum atomic E-state index is -0.701. The number of benzene rings is 3. The lowest BCUT2D eigenvalue weighted by Gasteiger charge is -2.33. The molecule has 9 heteroatoms. The molecule has 0 spiro atoms. The quantitative estimate of drug-likeness (QED) is 0.126. The fourth-order valence-corrected chi connectivity index (χ4v) is 5.27. The van der Waals surface area contributed by atoms with Gasteiger partial charge < -0.3 is 16.2 Å². The fourth-order valence-electron chi connectivity index (χ4n) is 5.27. The summed E-state index contributed by atoms with van der Waals surface area (Å²) in [5.41, 5.74) is 9.26. The number of carbonyl (C=O) groups is 1. The van der Waals surface area contributed by atoms with Crippen LogP contribution in [0, 0.1) is 16.7 Å². The second-order valence-electron chi connectivity index (χ2n) is 12.5. The van der Waals surface area contributed by atoms with Crippen LogP contribution in [0.15, 0.2) is 43.4 Å². The Balaban J connectivity index is 1.69. The molecule has 0 aliphatic carbocycles. The van der Waals surface area contributed by atoms with Crippen LogP contribution in [-0.4, -0.2) is 17.1 Å². The minimum absolute atomic E-state index is 0.0106. The molecule has 206 valence electrons. The van der Waals surface area contributed by atoms with Crippen molar-refractivity contribution in [3.8, 4) is 0 Å². The van der Waals surface area contributed by atoms with Gasteiger partial charge in [0, 0.05) is 17.3 Å². The number of rotatable bonds is 6. The van der Waals surface area contributed by atoms with E-state index in [9.17, 15) is 24.0 Å². The molecule has 1 atom stereocenters. The molecule has 4 rings (SSSR count). The highest BCUT2D eigenvalue weighted by molar-refractivity contribution is 6.20. The van der Waals surface area contributed by atoms with Gasteiger partial charge in [-0.3, -0.25) is 28.5 Å². The molecule has 0 radical (unpaired) electrons. The average Bonchev–Trinajstić information content (AvgIpc) is 3.09. The lowest BCUT2D eigenvalue weighted by molar-refractivity contribution is -0.154. The number of nitrogens with zero attached hydrogens (tertiary/aromatic N) is 1. The Morgan fingerprint density at radius 2 is 1.28 bits per heavy atom. The summed E-state index contributed by atoms with van der Waals surface area (Å²) in [6.07, 6.45) is 0.852. The van der Waals surface area contributed by atoms with Gasteiger partial charge in [0.25, 0.3) is 11.1 Å². The van der Waals surface area contributed by atoms with Gasteiger partial charge in [-0.15, -0.1) is 0 Å². The number of hydrogen-bond acceptors (Lipinski definition) is 8. The third kappa shape index (κ3) is 4.82. The number of fused-ring (bicyclic) bond motifs is 3. The number of ether oxygens (including phenoxy) is 1. The van der Waals surface area contributed by atoms with Gasteiger partial charge >= 0.3 is 5.97 Å². The highest BCUT2D eigenvalue weighted by Gasteiger charge is 2.35. The summed E-state index contributed by atoms with van der Waals surface area (Å²) in [5, 5.41) is -0.329. The molecule has 3 aromatic carbocycles. The molecule has 0 saturated carbocycles. The summed E-state index contributed by atoms with van der Waals surface area (Å²) < 4.78 is 6.52. The predicted molar refractivity (Wildman–Crippen MR) is 156 cm³/mol. The van der Waals surface area contributed by atoms with Crippen molar-refractivity contribution < 1.29 is 9.53 Å². The molecule has 39 heavy (non-hydrogen) atoms. The van der Waals surface area contributed by atoms with E-state index in [0.717, 1.165) is 4.57 Å². The standard InChI is InChI=1S/C30H35N3O6/c1-29(2,3)14-17(30(4,5)6)28(38)39-13-9-12-33-26(36)20-21(27(33)37)23(32)19-18(22(20)31)24(34)15-10-7-8-11-16(15)25(19)35/h7-8,10-11,17H,9,12-14,31-32H2,1-6H3. The van der Waals surface area contributed by atoms with Crippen molar-refractivity contribution in [3.05, 3.63) is 65.4 Å². The van der Waals surface area contributed by atoms with E-state index in [1.165, 1.54) is 12.1 Å². The Bertz CT molecular complexity index is 1720. The first-order valence-electron chi connectivity index (χ1n) is 13.0. The second kappa shape index (κ2) is 9.63. The highest BCUT2D eigenvalue weighted by Crippen LogP contribution is 2.37. The zero-order valence-corrected chi connectivity index (χ0v) is 23.3. The molecule has 0 bridgehead atoms. The zero-order chi connectivity index (χ0) is 29.0. The molecule has 1 unspecified atom stereocenters. The smallest absolute Gasteiger partial charge is 0.309 e. The first-order valence-corrected chi connectivity index (χ1v) is 13.0. The van der Waals surface area contributed by atoms with Gasteiger partial charge in [0.1, 0.15) is 0 Å². The summed E-state index contributed by atoms with van der Waals surface area (Å²) in [6, 6.07) is 6.26. The van der Waals surface area contributed by atoms with Crippen LogP contribution in [0.25, 0.3) is 32.3 Å². The lowest BCUT2D eigenvalue weighted by Crippen LogP contribution is -2.34. The van der Waals surface area contributed by atoms with E-state index in [4.69, 9.17) is 16.2 Å². The molecule has 4 aromatic rings. The van der Waals surface area contributed by atoms with Crippen LogP contribution in [-0.2, 0) is 16.1 Å². The summed E-state index contributed by atoms with van der Waals surface area (Å²) in [6.45, 7) is 12.1. The average molecular weight is 534 g/mol. The van der Waals surface area contributed by atoms with Gasteiger partial charge in [0.05, 0.1) is 45.4 Å². The van der Waals surface area contributed by atoms with Crippen molar-refractivity contribution in [3.63, 3.8) is 0 Å². The van der Waals surface area contributed by atoms with Crippen molar-refractivity contribution >= 4 is 49.7 Å². The Morgan fingerprint density at radius 1 is 0.821 bits per heavy atom. The lowest BCUT2D eigenvalue weighted by atomic mass is 9.72. The number of hydrogen-bond donors (Lipinski definition) is 2. The van der Waals surface area contributed by atoms with Crippen molar-refractivity contribution in [2.75, 3.05) is 18.1 Å². The van der Waals surface area contributed by atoms with Crippen molar-refractivity contribution in [2.24, 2.45) is 16.7 Å². The summed E-state index contributed by atoms with van der Waals surface area (Å²) in [4.78, 5) is 65.9. The van der Waals surface area contributed by atoms with E-state index in [0.29, 0.717) is 6.42 Å². The maximum absolute atomic E-state index is 13.3. The van der Waals surface area contributed by atoms with Crippen LogP contribution >= 0.6 is 0 Å². The van der Waals surface area contributed by atoms with Gasteiger partial charge in [-0.05, 0) is 23.7 Å². The van der Waals surface area contributed by atoms with E-state index in [1.54, 1.807) is 12.1 Å². The van der Waals surface area contributed by atoms with Gasteiger partial charge in [0.15, 0.2) is 10.9 Å². The highest BCUT2D eigenvalue weighted by atomic mass is 16.5. The summed E-state index contributed by atoms with van der Waals surface area (Å²) in [7, 11) is 0. The molecule has 0 saturated heterocycles. The Hall–Kier alpha value is -4.01.